The summed E-state index contributed by atoms with van der Waals surface area (Å²) in [6, 6.07) is 10.0. The average molecular weight is 497 g/mol. The summed E-state index contributed by atoms with van der Waals surface area (Å²) < 4.78 is 7.29. The molecule has 6 heteroatoms. The molecule has 0 atom stereocenters. The Balaban J connectivity index is 1.22. The number of nitrogens with zero attached hydrogens (tertiary/aromatic N) is 1. The van der Waals surface area contributed by atoms with E-state index in [1.54, 1.807) is 0 Å². The number of halogens is 1. The highest BCUT2D eigenvalue weighted by Crippen LogP contribution is 2.61. The lowest BCUT2D eigenvalue weighted by atomic mass is 9.49. The Morgan fingerprint density at radius 3 is 2.42 bits per heavy atom. The molecule has 2 heterocycles. The van der Waals surface area contributed by atoms with E-state index in [0.29, 0.717) is 16.5 Å². The van der Waals surface area contributed by atoms with E-state index in [1.807, 2.05) is 42.6 Å². The van der Waals surface area contributed by atoms with Crippen molar-refractivity contribution in [2.45, 2.75) is 50.9 Å². The highest BCUT2D eigenvalue weighted by atomic mass is 79.9. The summed E-state index contributed by atoms with van der Waals surface area (Å²) >= 11 is 4.90. The Hall–Kier alpha value is -1.92. The molecule has 4 aliphatic carbocycles. The van der Waals surface area contributed by atoms with Crippen molar-refractivity contribution in [2.75, 3.05) is 5.32 Å². The average Bonchev–Trinajstić information content (AvgIpc) is 3.35. The predicted octanol–water partition coefficient (Wildman–Crippen LogP) is 7.19. The first-order valence-corrected chi connectivity index (χ1v) is 12.8. The van der Waals surface area contributed by atoms with E-state index < -0.39 is 0 Å². The van der Waals surface area contributed by atoms with Crippen LogP contribution in [0.4, 0.5) is 5.13 Å². The molecule has 7 rings (SSSR count). The van der Waals surface area contributed by atoms with Crippen molar-refractivity contribution in [3.63, 3.8) is 0 Å². The predicted molar refractivity (Wildman–Crippen MR) is 126 cm³/mol. The van der Waals surface area contributed by atoms with Gasteiger partial charge in [0.25, 0.3) is 5.91 Å². The van der Waals surface area contributed by atoms with Crippen molar-refractivity contribution >= 4 is 38.3 Å². The summed E-state index contributed by atoms with van der Waals surface area (Å²) in [5, 5.41) is 5.57. The van der Waals surface area contributed by atoms with Crippen LogP contribution in [-0.4, -0.2) is 10.9 Å². The van der Waals surface area contributed by atoms with Gasteiger partial charge >= 0.3 is 0 Å². The summed E-state index contributed by atoms with van der Waals surface area (Å²) in [4.78, 5) is 17.7. The number of hydrogen-bond acceptors (Lipinski definition) is 4. The third-order valence-electron chi connectivity index (χ3n) is 7.59. The maximum Gasteiger partial charge on any atom is 0.260 e. The van der Waals surface area contributed by atoms with E-state index in [-0.39, 0.29) is 11.3 Å². The van der Waals surface area contributed by atoms with Gasteiger partial charge in [-0.1, -0.05) is 28.1 Å². The second kappa shape index (κ2) is 7.31. The molecule has 0 spiro atoms. The van der Waals surface area contributed by atoms with Gasteiger partial charge in [0.15, 0.2) is 5.13 Å². The second-order valence-electron chi connectivity index (χ2n) is 9.78. The first-order valence-electron chi connectivity index (χ1n) is 11.1. The molecule has 4 saturated carbocycles. The third-order valence-corrected chi connectivity index (χ3v) is 8.87. The lowest BCUT2D eigenvalue weighted by Gasteiger charge is -2.55. The van der Waals surface area contributed by atoms with E-state index in [0.717, 1.165) is 39.2 Å². The first-order chi connectivity index (χ1) is 15.0. The van der Waals surface area contributed by atoms with Crippen LogP contribution >= 0.6 is 27.3 Å². The van der Waals surface area contributed by atoms with Crippen molar-refractivity contribution in [3.8, 4) is 11.3 Å². The molecule has 1 N–H and O–H groups in total. The van der Waals surface area contributed by atoms with Gasteiger partial charge in [-0.3, -0.25) is 10.1 Å². The molecule has 1 amide bonds. The van der Waals surface area contributed by atoms with Gasteiger partial charge in [0, 0.05) is 20.8 Å². The Kier molecular flexibility index (Phi) is 4.65. The number of aryl methyl sites for hydroxylation is 1. The Labute approximate surface area is 194 Å². The number of carbonyl (C=O) groups is 1. The summed E-state index contributed by atoms with van der Waals surface area (Å²) in [5.41, 5.74) is 2.70. The van der Waals surface area contributed by atoms with Crippen LogP contribution in [0.3, 0.4) is 0 Å². The van der Waals surface area contributed by atoms with Gasteiger partial charge in [0.1, 0.15) is 11.5 Å². The molecule has 160 valence electrons. The number of hydrogen-bond donors (Lipinski definition) is 1. The minimum Gasteiger partial charge on any atom is -0.465 e. The number of rotatable bonds is 4. The summed E-state index contributed by atoms with van der Waals surface area (Å²) in [7, 11) is 0. The smallest absolute Gasteiger partial charge is 0.260 e. The monoisotopic (exact) mass is 496 g/mol. The van der Waals surface area contributed by atoms with Crippen molar-refractivity contribution in [1.29, 1.82) is 0 Å². The third kappa shape index (κ3) is 3.48. The van der Waals surface area contributed by atoms with Gasteiger partial charge in [-0.2, -0.15) is 0 Å². The zero-order valence-corrected chi connectivity index (χ0v) is 19.9. The molecule has 4 aliphatic rings. The summed E-state index contributed by atoms with van der Waals surface area (Å²) in [6.07, 6.45) is 7.90. The van der Waals surface area contributed by atoms with Gasteiger partial charge < -0.3 is 4.42 Å². The Morgan fingerprint density at radius 2 is 1.77 bits per heavy atom. The minimum absolute atomic E-state index is 0.131. The lowest BCUT2D eigenvalue weighted by Crippen LogP contribution is -2.48. The van der Waals surface area contributed by atoms with E-state index in [9.17, 15) is 4.79 Å². The van der Waals surface area contributed by atoms with Crippen LogP contribution in [0.2, 0.25) is 0 Å². The quantitative estimate of drug-likeness (QED) is 0.415. The zero-order chi connectivity index (χ0) is 21.2. The molecular formula is C25H25BrN2O2S. The number of carbonyl (C=O) groups excluding carboxylic acids is 1. The fourth-order valence-corrected chi connectivity index (χ4v) is 7.61. The number of benzene rings is 1. The van der Waals surface area contributed by atoms with Crippen LogP contribution in [0.25, 0.3) is 11.3 Å². The topological polar surface area (TPSA) is 55.1 Å². The first kappa shape index (κ1) is 19.7. The number of furan rings is 1. The number of aromatic nitrogens is 1. The van der Waals surface area contributed by atoms with Crippen LogP contribution in [0.15, 0.2) is 44.6 Å². The van der Waals surface area contributed by atoms with Crippen molar-refractivity contribution < 1.29 is 9.21 Å². The second-order valence-corrected chi connectivity index (χ2v) is 11.6. The maximum absolute atomic E-state index is 13.1. The van der Waals surface area contributed by atoms with E-state index in [4.69, 9.17) is 4.42 Å². The molecule has 3 aromatic rings. The van der Waals surface area contributed by atoms with Crippen molar-refractivity contribution in [2.24, 2.45) is 17.8 Å². The number of anilines is 1. The molecule has 0 aliphatic heterocycles. The van der Waals surface area contributed by atoms with Gasteiger partial charge in [0.2, 0.25) is 0 Å². The maximum atomic E-state index is 13.1. The fourth-order valence-electron chi connectivity index (χ4n) is 6.63. The Morgan fingerprint density at radius 1 is 1.13 bits per heavy atom. The summed E-state index contributed by atoms with van der Waals surface area (Å²) in [5.74, 6) is 4.18. The van der Waals surface area contributed by atoms with Crippen molar-refractivity contribution in [1.82, 2.24) is 4.98 Å². The standard InChI is InChI=1S/C25H25BrN2O2S/c1-14-20(9-22(30-14)25-10-15-6-16(11-25)8-17(7-15)12-25)23(29)28-24-27-21(13-31-24)18-2-4-19(26)5-3-18/h2-5,9,13,15-17H,6-8,10-12H2,1H3,(H,27,28,29). The van der Waals surface area contributed by atoms with Gasteiger partial charge in [-0.15, -0.1) is 11.3 Å². The van der Waals surface area contributed by atoms with Crippen LogP contribution in [0, 0.1) is 24.7 Å². The van der Waals surface area contributed by atoms with Crippen molar-refractivity contribution in [3.05, 3.63) is 57.3 Å². The molecule has 4 nitrogen and oxygen atoms in total. The number of amides is 1. The molecule has 31 heavy (non-hydrogen) atoms. The SMILES string of the molecule is Cc1oc(C23CC4CC(CC(C4)C2)C3)cc1C(=O)Nc1nc(-c2ccc(Br)cc2)cs1. The Bertz CT molecular complexity index is 1110. The zero-order valence-electron chi connectivity index (χ0n) is 17.5. The van der Waals surface area contributed by atoms with Gasteiger partial charge in [-0.05, 0) is 81.4 Å². The highest BCUT2D eigenvalue weighted by Gasteiger charge is 2.53. The largest absolute Gasteiger partial charge is 0.465 e. The van der Waals surface area contributed by atoms with Crippen LogP contribution in [-0.2, 0) is 5.41 Å². The van der Waals surface area contributed by atoms with E-state index in [1.165, 1.54) is 49.9 Å². The molecule has 0 radical (unpaired) electrons. The molecule has 0 saturated heterocycles. The van der Waals surface area contributed by atoms with E-state index in [2.05, 4.69) is 26.2 Å². The van der Waals surface area contributed by atoms with E-state index >= 15 is 0 Å². The lowest BCUT2D eigenvalue weighted by molar-refractivity contribution is -0.0154. The fraction of sp³-hybridized carbons (Fsp3) is 0.440. The van der Waals surface area contributed by atoms with Crippen LogP contribution < -0.4 is 5.32 Å². The number of thiazole rings is 1. The molecule has 4 fully saturated rings. The number of nitrogens with one attached hydrogen (secondary N) is 1. The minimum atomic E-state index is -0.131. The molecular weight excluding hydrogens is 472 g/mol. The van der Waals surface area contributed by atoms with Crippen LogP contribution in [0.1, 0.15) is 60.4 Å². The van der Waals surface area contributed by atoms with Gasteiger partial charge in [-0.25, -0.2) is 4.98 Å². The summed E-state index contributed by atoms with van der Waals surface area (Å²) in [6.45, 7) is 1.91. The normalized spacial score (nSPS) is 28.8. The van der Waals surface area contributed by atoms with Gasteiger partial charge in [0.05, 0.1) is 11.3 Å². The molecule has 4 bridgehead atoms. The molecule has 1 aromatic carbocycles. The van der Waals surface area contributed by atoms with Crippen LogP contribution in [0.5, 0.6) is 0 Å². The molecule has 2 aromatic heterocycles. The highest BCUT2D eigenvalue weighted by molar-refractivity contribution is 9.10. The molecule has 0 unspecified atom stereocenters.